The first-order valence-electron chi connectivity index (χ1n) is 4.54. The van der Waals surface area contributed by atoms with E-state index in [0.29, 0.717) is 0 Å². The van der Waals surface area contributed by atoms with Crippen molar-refractivity contribution in [2.24, 2.45) is 0 Å². The first-order valence-corrected chi connectivity index (χ1v) is 4.88. The number of carbonyl (C=O) groups is 3. The molecular weight excluding hydrogens is 238 g/mol. The Hall–Kier alpha value is -1.30. The molecule has 0 radical (unpaired) electrons. The van der Waals surface area contributed by atoms with E-state index in [1.54, 1.807) is 0 Å². The minimum Gasteiger partial charge on any atom is -0.469 e. The van der Waals surface area contributed by atoms with Gasteiger partial charge in [0.2, 0.25) is 5.91 Å². The molecular formula is C9H14ClNO5. The van der Waals surface area contributed by atoms with Crippen LogP contribution in [-0.2, 0) is 23.9 Å². The van der Waals surface area contributed by atoms with Crippen LogP contribution in [0, 0.1) is 0 Å². The fourth-order valence-electron chi connectivity index (χ4n) is 1.04. The van der Waals surface area contributed by atoms with E-state index in [-0.39, 0.29) is 12.8 Å². The van der Waals surface area contributed by atoms with Crippen molar-refractivity contribution in [3.8, 4) is 0 Å². The highest BCUT2D eigenvalue weighted by atomic mass is 35.5. The number of halogens is 1. The van der Waals surface area contributed by atoms with Gasteiger partial charge in [0.25, 0.3) is 0 Å². The Morgan fingerprint density at radius 3 is 2.19 bits per heavy atom. The maximum atomic E-state index is 11.3. The molecule has 0 rings (SSSR count). The van der Waals surface area contributed by atoms with Crippen LogP contribution in [0.2, 0.25) is 0 Å². The fraction of sp³-hybridized carbons (Fsp3) is 0.667. The van der Waals surface area contributed by atoms with E-state index in [1.165, 1.54) is 21.1 Å². The number of hydrogen-bond donors (Lipinski definition) is 0. The van der Waals surface area contributed by atoms with Gasteiger partial charge in [-0.15, -0.1) is 0 Å². The standard InChI is InChI=1S/C9H14ClNO5/c1-6(12)11(10)7(9(14)16-3)4-5-8(13)15-2/h7H,4-5H2,1-3H3. The Morgan fingerprint density at radius 1 is 1.25 bits per heavy atom. The minimum atomic E-state index is -0.983. The van der Waals surface area contributed by atoms with Crippen molar-refractivity contribution in [1.82, 2.24) is 4.42 Å². The van der Waals surface area contributed by atoms with E-state index in [9.17, 15) is 14.4 Å². The third kappa shape index (κ3) is 4.48. The topological polar surface area (TPSA) is 72.9 Å². The number of methoxy groups -OCH3 is 2. The van der Waals surface area contributed by atoms with Gasteiger partial charge in [-0.05, 0) is 6.42 Å². The Bertz CT molecular complexity index is 281. The summed E-state index contributed by atoms with van der Waals surface area (Å²) in [6.07, 6.45) is 0.0369. The number of carbonyl (C=O) groups excluding carboxylic acids is 3. The van der Waals surface area contributed by atoms with E-state index in [1.807, 2.05) is 0 Å². The SMILES string of the molecule is COC(=O)CCC(C(=O)OC)N(Cl)C(C)=O. The van der Waals surface area contributed by atoms with Crippen molar-refractivity contribution >= 4 is 29.6 Å². The van der Waals surface area contributed by atoms with E-state index in [4.69, 9.17) is 11.8 Å². The molecule has 0 aromatic carbocycles. The Kier molecular flexibility index (Phi) is 6.48. The second-order valence-electron chi connectivity index (χ2n) is 2.98. The van der Waals surface area contributed by atoms with Crippen LogP contribution in [-0.4, -0.2) is 42.5 Å². The quantitative estimate of drug-likeness (QED) is 0.525. The number of nitrogens with zero attached hydrogens (tertiary/aromatic N) is 1. The molecule has 0 aromatic heterocycles. The van der Waals surface area contributed by atoms with Crippen LogP contribution in [0.3, 0.4) is 0 Å². The highest BCUT2D eigenvalue weighted by Gasteiger charge is 2.28. The molecule has 0 saturated heterocycles. The van der Waals surface area contributed by atoms with Gasteiger partial charge in [-0.25, -0.2) is 9.21 Å². The summed E-state index contributed by atoms with van der Waals surface area (Å²) < 4.78 is 9.61. The summed E-state index contributed by atoms with van der Waals surface area (Å²) in [5.41, 5.74) is 0. The van der Waals surface area contributed by atoms with Crippen LogP contribution in [0.15, 0.2) is 0 Å². The summed E-state index contributed by atoms with van der Waals surface area (Å²) in [6.45, 7) is 1.21. The molecule has 1 atom stereocenters. The second kappa shape index (κ2) is 7.05. The smallest absolute Gasteiger partial charge is 0.330 e. The molecule has 0 saturated carbocycles. The van der Waals surface area contributed by atoms with Gasteiger partial charge >= 0.3 is 11.9 Å². The normalized spacial score (nSPS) is 11.5. The third-order valence-electron chi connectivity index (χ3n) is 1.90. The van der Waals surface area contributed by atoms with Crippen molar-refractivity contribution in [3.05, 3.63) is 0 Å². The largest absolute Gasteiger partial charge is 0.469 e. The Balaban J connectivity index is 4.50. The van der Waals surface area contributed by atoms with Gasteiger partial charge in [0.15, 0.2) is 0 Å². The van der Waals surface area contributed by atoms with E-state index < -0.39 is 23.9 Å². The molecule has 0 N–H and O–H groups in total. The van der Waals surface area contributed by atoms with E-state index in [0.717, 1.165) is 4.42 Å². The molecule has 0 aliphatic heterocycles. The Labute approximate surface area is 98.5 Å². The van der Waals surface area contributed by atoms with Gasteiger partial charge in [-0.3, -0.25) is 9.59 Å². The van der Waals surface area contributed by atoms with Gasteiger partial charge in [0.1, 0.15) is 6.04 Å². The predicted molar refractivity (Wildman–Crippen MR) is 55.4 cm³/mol. The predicted octanol–water partition coefficient (Wildman–Crippen LogP) is 0.483. The molecule has 6 nitrogen and oxygen atoms in total. The number of rotatable bonds is 5. The van der Waals surface area contributed by atoms with E-state index in [2.05, 4.69) is 9.47 Å². The highest BCUT2D eigenvalue weighted by Crippen LogP contribution is 2.12. The fourth-order valence-corrected chi connectivity index (χ4v) is 1.21. The van der Waals surface area contributed by atoms with Gasteiger partial charge in [0, 0.05) is 25.1 Å². The van der Waals surface area contributed by atoms with Crippen LogP contribution >= 0.6 is 11.8 Å². The maximum Gasteiger partial charge on any atom is 0.330 e. The van der Waals surface area contributed by atoms with Gasteiger partial charge in [0.05, 0.1) is 14.2 Å². The maximum absolute atomic E-state index is 11.3. The number of esters is 2. The van der Waals surface area contributed by atoms with Crippen LogP contribution < -0.4 is 0 Å². The molecule has 0 fully saturated rings. The molecule has 0 heterocycles. The lowest BCUT2D eigenvalue weighted by Gasteiger charge is -2.21. The number of ether oxygens (including phenoxy) is 2. The molecule has 0 aliphatic carbocycles. The van der Waals surface area contributed by atoms with Crippen molar-refractivity contribution < 1.29 is 23.9 Å². The zero-order chi connectivity index (χ0) is 12.7. The molecule has 92 valence electrons. The van der Waals surface area contributed by atoms with Crippen molar-refractivity contribution in [3.63, 3.8) is 0 Å². The monoisotopic (exact) mass is 251 g/mol. The molecule has 0 spiro atoms. The summed E-state index contributed by atoms with van der Waals surface area (Å²) >= 11 is 5.61. The van der Waals surface area contributed by atoms with Crippen molar-refractivity contribution in [2.75, 3.05) is 14.2 Å². The van der Waals surface area contributed by atoms with Gasteiger partial charge < -0.3 is 9.47 Å². The zero-order valence-electron chi connectivity index (χ0n) is 9.36. The number of amides is 1. The Morgan fingerprint density at radius 2 is 1.81 bits per heavy atom. The molecule has 0 aromatic rings. The lowest BCUT2D eigenvalue weighted by atomic mass is 10.1. The zero-order valence-corrected chi connectivity index (χ0v) is 10.1. The molecule has 1 amide bonds. The number of hydrogen-bond acceptors (Lipinski definition) is 5. The van der Waals surface area contributed by atoms with Gasteiger partial charge in [-0.1, -0.05) is 0 Å². The van der Waals surface area contributed by atoms with Crippen LogP contribution in [0.25, 0.3) is 0 Å². The molecule has 0 aliphatic rings. The summed E-state index contributed by atoms with van der Waals surface area (Å²) in [5.74, 6) is -1.65. The minimum absolute atomic E-state index is 0.0211. The first-order chi connectivity index (χ1) is 7.43. The average molecular weight is 252 g/mol. The van der Waals surface area contributed by atoms with Crippen LogP contribution in [0.4, 0.5) is 0 Å². The molecule has 7 heteroatoms. The molecule has 16 heavy (non-hydrogen) atoms. The average Bonchev–Trinajstić information content (AvgIpc) is 2.27. The lowest BCUT2D eigenvalue weighted by Crippen LogP contribution is -2.39. The summed E-state index contributed by atoms with van der Waals surface area (Å²) in [5, 5.41) is 0. The summed E-state index contributed by atoms with van der Waals surface area (Å²) in [4.78, 5) is 33.2. The lowest BCUT2D eigenvalue weighted by molar-refractivity contribution is -0.149. The van der Waals surface area contributed by atoms with Crippen molar-refractivity contribution in [2.45, 2.75) is 25.8 Å². The summed E-state index contributed by atoms with van der Waals surface area (Å²) in [6, 6.07) is -0.983. The first kappa shape index (κ1) is 14.7. The highest BCUT2D eigenvalue weighted by molar-refractivity contribution is 6.22. The van der Waals surface area contributed by atoms with E-state index >= 15 is 0 Å². The summed E-state index contributed by atoms with van der Waals surface area (Å²) in [7, 11) is 2.41. The van der Waals surface area contributed by atoms with Crippen LogP contribution in [0.5, 0.6) is 0 Å². The second-order valence-corrected chi connectivity index (χ2v) is 3.35. The molecule has 1 unspecified atom stereocenters. The molecule has 0 bridgehead atoms. The van der Waals surface area contributed by atoms with Crippen molar-refractivity contribution in [1.29, 1.82) is 0 Å². The third-order valence-corrected chi connectivity index (χ3v) is 2.37. The van der Waals surface area contributed by atoms with Crippen LogP contribution in [0.1, 0.15) is 19.8 Å². The van der Waals surface area contributed by atoms with Gasteiger partial charge in [-0.2, -0.15) is 0 Å².